The number of hydrogen-bond donors (Lipinski definition) is 1. The Balaban J connectivity index is 2.08. The molecule has 6 nitrogen and oxygen atoms in total. The molecule has 0 amide bonds. The van der Waals surface area contributed by atoms with Crippen molar-refractivity contribution < 1.29 is 8.42 Å². The minimum absolute atomic E-state index is 0.254. The summed E-state index contributed by atoms with van der Waals surface area (Å²) in [6.45, 7) is 0.662. The van der Waals surface area contributed by atoms with Gasteiger partial charge in [0.15, 0.2) is 5.65 Å². The van der Waals surface area contributed by atoms with Crippen molar-refractivity contribution in [1.82, 2.24) is 18.9 Å². The van der Waals surface area contributed by atoms with E-state index in [2.05, 4.69) is 10.4 Å². The van der Waals surface area contributed by atoms with E-state index in [4.69, 9.17) is 0 Å². The van der Waals surface area contributed by atoms with E-state index in [1.807, 2.05) is 25.2 Å². The zero-order chi connectivity index (χ0) is 16.7. The molecule has 4 aromatic rings. The molecule has 0 radical (unpaired) electrons. The molecule has 0 saturated carbocycles. The fourth-order valence-corrected chi connectivity index (χ4v) is 4.44. The van der Waals surface area contributed by atoms with E-state index in [1.165, 1.54) is 3.97 Å². The van der Waals surface area contributed by atoms with Crippen molar-refractivity contribution in [2.45, 2.75) is 11.4 Å². The summed E-state index contributed by atoms with van der Waals surface area (Å²) >= 11 is 0. The Morgan fingerprint density at radius 3 is 2.58 bits per heavy atom. The van der Waals surface area contributed by atoms with E-state index in [0.29, 0.717) is 17.7 Å². The maximum atomic E-state index is 13.2. The fourth-order valence-electron chi connectivity index (χ4n) is 2.93. The molecule has 2 heterocycles. The van der Waals surface area contributed by atoms with Gasteiger partial charge >= 0.3 is 0 Å². The van der Waals surface area contributed by atoms with E-state index in [-0.39, 0.29) is 4.90 Å². The predicted octanol–water partition coefficient (Wildman–Crippen LogP) is 2.25. The molecule has 0 spiro atoms. The Morgan fingerprint density at radius 1 is 1.04 bits per heavy atom. The highest BCUT2D eigenvalue weighted by atomic mass is 32.2. The van der Waals surface area contributed by atoms with Crippen LogP contribution in [0.3, 0.4) is 0 Å². The fraction of sp³-hybridized carbons (Fsp3) is 0.118. The van der Waals surface area contributed by atoms with Crippen molar-refractivity contribution in [1.29, 1.82) is 0 Å². The molecule has 2 aromatic carbocycles. The molecule has 7 heteroatoms. The lowest BCUT2D eigenvalue weighted by atomic mass is 10.2. The summed E-state index contributed by atoms with van der Waals surface area (Å²) < 4.78 is 29.4. The quantitative estimate of drug-likeness (QED) is 0.619. The molecule has 2 aromatic heterocycles. The highest BCUT2D eigenvalue weighted by Gasteiger charge is 2.23. The molecule has 24 heavy (non-hydrogen) atoms. The van der Waals surface area contributed by atoms with Crippen LogP contribution in [-0.2, 0) is 16.6 Å². The molecule has 0 aliphatic carbocycles. The molecule has 0 bridgehead atoms. The van der Waals surface area contributed by atoms with Crippen molar-refractivity contribution in [2.24, 2.45) is 0 Å². The molecule has 122 valence electrons. The van der Waals surface area contributed by atoms with Crippen LogP contribution in [0.1, 0.15) is 5.56 Å². The Hall–Kier alpha value is -2.64. The molecule has 0 atom stereocenters. The number of aromatic nitrogens is 3. The zero-order valence-corrected chi connectivity index (χ0v) is 13.9. The minimum atomic E-state index is -3.72. The van der Waals surface area contributed by atoms with Crippen LogP contribution < -0.4 is 5.32 Å². The summed E-state index contributed by atoms with van der Waals surface area (Å²) in [5.74, 6) is 0. The number of rotatable bonds is 4. The smallest absolute Gasteiger partial charge is 0.269 e. The summed E-state index contributed by atoms with van der Waals surface area (Å²) in [6, 6.07) is 15.9. The molecule has 4 rings (SSSR count). The Labute approximate surface area is 139 Å². The minimum Gasteiger partial charge on any atom is -0.316 e. The number of nitrogens with zero attached hydrogens (tertiary/aromatic N) is 3. The molecule has 0 aliphatic heterocycles. The maximum absolute atomic E-state index is 13.2. The van der Waals surface area contributed by atoms with Crippen LogP contribution in [0.2, 0.25) is 0 Å². The van der Waals surface area contributed by atoms with E-state index in [9.17, 15) is 8.42 Å². The Kier molecular flexibility index (Phi) is 3.40. The van der Waals surface area contributed by atoms with Gasteiger partial charge in [-0.3, -0.25) is 0 Å². The third kappa shape index (κ3) is 2.13. The lowest BCUT2D eigenvalue weighted by Gasteiger charge is -2.08. The summed E-state index contributed by atoms with van der Waals surface area (Å²) in [5.41, 5.74) is 2.91. The summed E-state index contributed by atoms with van der Waals surface area (Å²) in [5, 5.41) is 7.35. The van der Waals surface area contributed by atoms with Crippen LogP contribution in [0.15, 0.2) is 65.7 Å². The van der Waals surface area contributed by atoms with Gasteiger partial charge in [0.25, 0.3) is 10.0 Å². The molecule has 1 N–H and O–H groups in total. The first-order valence-electron chi connectivity index (χ1n) is 7.55. The van der Waals surface area contributed by atoms with Crippen molar-refractivity contribution in [3.8, 4) is 0 Å². The average Bonchev–Trinajstić information content (AvgIpc) is 3.16. The normalized spacial score (nSPS) is 12.2. The van der Waals surface area contributed by atoms with Gasteiger partial charge in [0.05, 0.1) is 22.1 Å². The Bertz CT molecular complexity index is 1130. The molecule has 0 fully saturated rings. The predicted molar refractivity (Wildman–Crippen MR) is 92.5 cm³/mol. The van der Waals surface area contributed by atoms with Gasteiger partial charge in [-0.25, -0.2) is 16.9 Å². The van der Waals surface area contributed by atoms with Crippen LogP contribution in [-0.4, -0.2) is 29.1 Å². The zero-order valence-electron chi connectivity index (χ0n) is 13.0. The SMILES string of the molecule is CNCc1ccc2c(c1)n(S(=O)(=O)c1ccccc1)c1ccnn21. The number of benzene rings is 2. The number of hydrogen-bond acceptors (Lipinski definition) is 4. The van der Waals surface area contributed by atoms with Gasteiger partial charge in [0.2, 0.25) is 0 Å². The van der Waals surface area contributed by atoms with Gasteiger partial charge in [-0.2, -0.15) is 5.10 Å². The monoisotopic (exact) mass is 340 g/mol. The van der Waals surface area contributed by atoms with E-state index in [0.717, 1.165) is 11.1 Å². The summed E-state index contributed by atoms with van der Waals surface area (Å²) in [6.07, 6.45) is 1.60. The molecule has 0 aliphatic rings. The van der Waals surface area contributed by atoms with Gasteiger partial charge in [0, 0.05) is 12.6 Å². The van der Waals surface area contributed by atoms with Gasteiger partial charge in [-0.1, -0.05) is 24.3 Å². The highest BCUT2D eigenvalue weighted by molar-refractivity contribution is 7.90. The molecular weight excluding hydrogens is 324 g/mol. The lowest BCUT2D eigenvalue weighted by Crippen LogP contribution is -2.13. The van der Waals surface area contributed by atoms with Gasteiger partial charge in [0.1, 0.15) is 0 Å². The lowest BCUT2D eigenvalue weighted by molar-refractivity contribution is 0.590. The number of fused-ring (bicyclic) bond motifs is 3. The van der Waals surface area contributed by atoms with Crippen LogP contribution in [0, 0.1) is 0 Å². The second-order valence-corrected chi connectivity index (χ2v) is 7.32. The van der Waals surface area contributed by atoms with Crippen LogP contribution in [0.5, 0.6) is 0 Å². The summed E-state index contributed by atoms with van der Waals surface area (Å²) in [7, 11) is -1.86. The van der Waals surface area contributed by atoms with E-state index < -0.39 is 10.0 Å². The van der Waals surface area contributed by atoms with Crippen LogP contribution in [0.4, 0.5) is 0 Å². The van der Waals surface area contributed by atoms with Crippen LogP contribution in [0.25, 0.3) is 16.7 Å². The van der Waals surface area contributed by atoms with Crippen molar-refractivity contribution >= 4 is 26.7 Å². The standard InChI is InChI=1S/C17H16N4O2S/c1-18-12-13-7-8-15-16(11-13)21(17-9-10-19-20(15)17)24(22,23)14-5-3-2-4-6-14/h2-11,18H,12H2,1H3. The Morgan fingerprint density at radius 2 is 1.83 bits per heavy atom. The van der Waals surface area contributed by atoms with Gasteiger partial charge < -0.3 is 5.32 Å². The second-order valence-electron chi connectivity index (χ2n) is 5.54. The van der Waals surface area contributed by atoms with E-state index >= 15 is 0 Å². The highest BCUT2D eigenvalue weighted by Crippen LogP contribution is 2.26. The average molecular weight is 340 g/mol. The van der Waals surface area contributed by atoms with Crippen molar-refractivity contribution in [3.63, 3.8) is 0 Å². The van der Waals surface area contributed by atoms with E-state index in [1.54, 1.807) is 47.1 Å². The first-order chi connectivity index (χ1) is 11.6. The van der Waals surface area contributed by atoms with Crippen molar-refractivity contribution in [3.05, 3.63) is 66.4 Å². The first kappa shape index (κ1) is 14.9. The maximum Gasteiger partial charge on any atom is 0.269 e. The largest absolute Gasteiger partial charge is 0.316 e. The van der Waals surface area contributed by atoms with Crippen molar-refractivity contribution in [2.75, 3.05) is 7.05 Å². The summed E-state index contributed by atoms with van der Waals surface area (Å²) in [4.78, 5) is 0.254. The third-order valence-electron chi connectivity index (χ3n) is 3.98. The van der Waals surface area contributed by atoms with Gasteiger partial charge in [-0.15, -0.1) is 0 Å². The molecule has 0 saturated heterocycles. The second kappa shape index (κ2) is 5.47. The topological polar surface area (TPSA) is 68.4 Å². The molecular formula is C17H16N4O2S. The number of imidazole rings is 1. The molecule has 0 unspecified atom stereocenters. The van der Waals surface area contributed by atoms with Gasteiger partial charge in [-0.05, 0) is 36.9 Å². The van der Waals surface area contributed by atoms with Crippen LogP contribution >= 0.6 is 0 Å². The third-order valence-corrected chi connectivity index (χ3v) is 5.71. The first-order valence-corrected chi connectivity index (χ1v) is 8.99. The number of nitrogens with one attached hydrogen (secondary N) is 1.